The minimum absolute atomic E-state index is 0.0269. The Kier molecular flexibility index (Phi) is 5.94. The summed E-state index contributed by atoms with van der Waals surface area (Å²) in [4.78, 5) is 23.6. The molecule has 3 aromatic rings. The first-order valence-electron chi connectivity index (χ1n) is 8.71. The molecule has 0 aliphatic rings. The molecule has 0 bridgehead atoms. The molecule has 146 valence electrons. The molecule has 0 unspecified atom stereocenters. The largest absolute Gasteiger partial charge is 0.508 e. The van der Waals surface area contributed by atoms with Gasteiger partial charge < -0.3 is 19.7 Å². The number of phenolic OH excluding ortho intramolecular Hbond substituents is 2. The van der Waals surface area contributed by atoms with Gasteiger partial charge >= 0.3 is 11.9 Å². The van der Waals surface area contributed by atoms with Crippen LogP contribution in [0.15, 0.2) is 66.7 Å². The minimum Gasteiger partial charge on any atom is -0.508 e. The number of rotatable bonds is 5. The smallest absolute Gasteiger partial charge is 0.347 e. The third-order valence-corrected chi connectivity index (χ3v) is 3.84. The van der Waals surface area contributed by atoms with Crippen molar-refractivity contribution < 1.29 is 29.3 Å². The molecule has 2 N–H and O–H groups in total. The number of carbonyl (C=O) groups is 2. The normalized spacial score (nSPS) is 10.7. The highest BCUT2D eigenvalue weighted by atomic mass is 16.5. The molecular formula is C23H18O6. The highest BCUT2D eigenvalue weighted by Gasteiger charge is 2.15. The van der Waals surface area contributed by atoms with Gasteiger partial charge in [0.05, 0.1) is 0 Å². The molecule has 0 aliphatic heterocycles. The van der Waals surface area contributed by atoms with Crippen LogP contribution in [0.2, 0.25) is 0 Å². The van der Waals surface area contributed by atoms with E-state index in [0.717, 1.165) is 5.56 Å². The second kappa shape index (κ2) is 8.75. The number of esters is 2. The zero-order valence-electron chi connectivity index (χ0n) is 15.5. The third-order valence-electron chi connectivity index (χ3n) is 3.84. The molecule has 0 fully saturated rings. The Labute approximate surface area is 167 Å². The van der Waals surface area contributed by atoms with Crippen LogP contribution in [-0.2, 0) is 4.79 Å². The van der Waals surface area contributed by atoms with Gasteiger partial charge in [0.15, 0.2) is 0 Å². The Bertz CT molecular complexity index is 1050. The Hall–Kier alpha value is -4.06. The molecule has 0 saturated carbocycles. The molecule has 0 heterocycles. The number of carbonyl (C=O) groups excluding carboxylic acids is 2. The number of ether oxygens (including phenoxy) is 2. The van der Waals surface area contributed by atoms with E-state index in [-0.39, 0.29) is 22.8 Å². The monoisotopic (exact) mass is 390 g/mol. The summed E-state index contributed by atoms with van der Waals surface area (Å²) in [6, 6.07) is 17.4. The van der Waals surface area contributed by atoms with Crippen LogP contribution in [0.1, 0.15) is 28.4 Å². The minimum atomic E-state index is -0.639. The molecule has 0 amide bonds. The van der Waals surface area contributed by atoms with E-state index in [1.807, 2.05) is 0 Å². The van der Waals surface area contributed by atoms with Crippen molar-refractivity contribution in [1.29, 1.82) is 0 Å². The van der Waals surface area contributed by atoms with E-state index in [4.69, 9.17) is 9.47 Å². The third kappa shape index (κ3) is 5.46. The van der Waals surface area contributed by atoms with Crippen molar-refractivity contribution in [1.82, 2.24) is 0 Å². The van der Waals surface area contributed by atoms with Gasteiger partial charge in [0.25, 0.3) is 0 Å². The summed E-state index contributed by atoms with van der Waals surface area (Å²) in [7, 11) is 0. The summed E-state index contributed by atoms with van der Waals surface area (Å²) >= 11 is 0. The lowest BCUT2D eigenvalue weighted by Gasteiger charge is -2.09. The van der Waals surface area contributed by atoms with Crippen LogP contribution in [0, 0.1) is 0 Å². The summed E-state index contributed by atoms with van der Waals surface area (Å²) in [5, 5.41) is 19.0. The van der Waals surface area contributed by atoms with Gasteiger partial charge in [-0.05, 0) is 47.5 Å². The molecule has 29 heavy (non-hydrogen) atoms. The quantitative estimate of drug-likeness (QED) is 0.381. The van der Waals surface area contributed by atoms with Crippen LogP contribution >= 0.6 is 0 Å². The zero-order valence-corrected chi connectivity index (χ0v) is 15.5. The van der Waals surface area contributed by atoms with Gasteiger partial charge in [0, 0.05) is 13.0 Å². The average Bonchev–Trinajstić information content (AvgIpc) is 2.66. The van der Waals surface area contributed by atoms with Gasteiger partial charge in [-0.3, -0.25) is 4.79 Å². The fraction of sp³-hybridized carbons (Fsp3) is 0.0435. The van der Waals surface area contributed by atoms with Gasteiger partial charge in [-0.2, -0.15) is 0 Å². The van der Waals surface area contributed by atoms with Crippen LogP contribution in [-0.4, -0.2) is 22.2 Å². The Morgan fingerprint density at radius 3 is 2.07 bits per heavy atom. The Balaban J connectivity index is 1.70. The maximum Gasteiger partial charge on any atom is 0.347 e. The van der Waals surface area contributed by atoms with E-state index in [2.05, 4.69) is 0 Å². The Morgan fingerprint density at radius 1 is 0.793 bits per heavy atom. The number of phenols is 2. The summed E-state index contributed by atoms with van der Waals surface area (Å²) in [6.07, 6.45) is 3.52. The number of hydrogen-bond donors (Lipinski definition) is 2. The highest BCUT2D eigenvalue weighted by Crippen LogP contribution is 2.23. The first-order chi connectivity index (χ1) is 13.9. The molecule has 0 saturated heterocycles. The molecule has 3 aromatic carbocycles. The lowest BCUT2D eigenvalue weighted by molar-refractivity contribution is -0.131. The summed E-state index contributed by atoms with van der Waals surface area (Å²) in [5.41, 5.74) is 1.61. The van der Waals surface area contributed by atoms with Crippen molar-refractivity contribution >= 4 is 24.1 Å². The molecular weight excluding hydrogens is 372 g/mol. The molecule has 0 radical (unpaired) electrons. The van der Waals surface area contributed by atoms with Crippen molar-refractivity contribution in [2.24, 2.45) is 0 Å². The predicted octanol–water partition coefficient (Wildman–Crippen LogP) is 4.41. The molecule has 6 nitrogen and oxygen atoms in total. The number of para-hydroxylation sites is 1. The average molecular weight is 390 g/mol. The molecule has 0 aliphatic carbocycles. The van der Waals surface area contributed by atoms with E-state index in [1.165, 1.54) is 37.3 Å². The van der Waals surface area contributed by atoms with Crippen molar-refractivity contribution in [3.05, 3.63) is 83.4 Å². The predicted molar refractivity (Wildman–Crippen MR) is 108 cm³/mol. The van der Waals surface area contributed by atoms with Crippen molar-refractivity contribution in [2.45, 2.75) is 6.92 Å². The molecule has 3 rings (SSSR count). The van der Waals surface area contributed by atoms with Crippen molar-refractivity contribution in [2.75, 3.05) is 0 Å². The van der Waals surface area contributed by atoms with E-state index in [9.17, 15) is 19.8 Å². The summed E-state index contributed by atoms with van der Waals surface area (Å²) < 4.78 is 10.4. The van der Waals surface area contributed by atoms with Crippen molar-refractivity contribution in [3.8, 4) is 23.0 Å². The van der Waals surface area contributed by atoms with Gasteiger partial charge in [0.2, 0.25) is 0 Å². The fourth-order valence-corrected chi connectivity index (χ4v) is 2.59. The molecule has 0 atom stereocenters. The van der Waals surface area contributed by atoms with Crippen LogP contribution in [0.3, 0.4) is 0 Å². The van der Waals surface area contributed by atoms with E-state index in [0.29, 0.717) is 11.3 Å². The van der Waals surface area contributed by atoms with E-state index >= 15 is 0 Å². The standard InChI is InChI=1S/C23H18O6/c1-15(24)28-22-5-3-2-4-21(22)23(27)29-20-10-8-16(9-11-20)6-7-17-12-18(25)14-19(26)13-17/h2-14,25-26H,1H3/b7-6+. The topological polar surface area (TPSA) is 93.1 Å². The number of benzene rings is 3. The van der Waals surface area contributed by atoms with Gasteiger partial charge in [0.1, 0.15) is 28.6 Å². The maximum absolute atomic E-state index is 12.4. The number of hydrogen-bond acceptors (Lipinski definition) is 6. The van der Waals surface area contributed by atoms with Crippen LogP contribution in [0.25, 0.3) is 12.2 Å². The maximum atomic E-state index is 12.4. The van der Waals surface area contributed by atoms with E-state index < -0.39 is 11.9 Å². The SMILES string of the molecule is CC(=O)Oc1ccccc1C(=O)Oc1ccc(/C=C/c2cc(O)cc(O)c2)cc1. The van der Waals surface area contributed by atoms with Crippen LogP contribution in [0.4, 0.5) is 0 Å². The zero-order chi connectivity index (χ0) is 20.8. The van der Waals surface area contributed by atoms with Gasteiger partial charge in [-0.25, -0.2) is 4.79 Å². The first kappa shape index (κ1) is 19.7. The van der Waals surface area contributed by atoms with Gasteiger partial charge in [-0.1, -0.05) is 36.4 Å². The first-order valence-corrected chi connectivity index (χ1v) is 8.71. The van der Waals surface area contributed by atoms with Crippen LogP contribution in [0.5, 0.6) is 23.0 Å². The number of aromatic hydroxyl groups is 2. The molecule has 0 spiro atoms. The summed E-state index contributed by atoms with van der Waals surface area (Å²) in [6.45, 7) is 1.26. The molecule has 6 heteroatoms. The lowest BCUT2D eigenvalue weighted by Crippen LogP contribution is -2.12. The fourth-order valence-electron chi connectivity index (χ4n) is 2.59. The Morgan fingerprint density at radius 2 is 1.41 bits per heavy atom. The van der Waals surface area contributed by atoms with Gasteiger partial charge in [-0.15, -0.1) is 0 Å². The second-order valence-corrected chi connectivity index (χ2v) is 6.16. The highest BCUT2D eigenvalue weighted by molar-refractivity contribution is 5.94. The second-order valence-electron chi connectivity index (χ2n) is 6.16. The van der Waals surface area contributed by atoms with E-state index in [1.54, 1.807) is 48.6 Å². The summed E-state index contributed by atoms with van der Waals surface area (Å²) in [5.74, 6) is -0.748. The van der Waals surface area contributed by atoms with Crippen LogP contribution < -0.4 is 9.47 Å². The lowest BCUT2D eigenvalue weighted by atomic mass is 10.1. The van der Waals surface area contributed by atoms with Crippen molar-refractivity contribution in [3.63, 3.8) is 0 Å². The molecule has 0 aromatic heterocycles.